The number of aryl methyl sites for hydroxylation is 1. The fourth-order valence-corrected chi connectivity index (χ4v) is 3.69. The zero-order valence-electron chi connectivity index (χ0n) is 13.4. The van der Waals surface area contributed by atoms with Crippen LogP contribution in [0.1, 0.15) is 63.1 Å². The van der Waals surface area contributed by atoms with E-state index in [-0.39, 0.29) is 17.4 Å². The van der Waals surface area contributed by atoms with Gasteiger partial charge in [0.05, 0.1) is 0 Å². The Morgan fingerprint density at radius 2 is 2.00 bits per heavy atom. The number of nitrogens with one attached hydrogen (secondary N) is 1. The van der Waals surface area contributed by atoms with Crippen LogP contribution in [0.15, 0.2) is 12.1 Å². The molecule has 118 valence electrons. The van der Waals surface area contributed by atoms with Crippen LogP contribution in [0, 0.1) is 30.4 Å². The molecule has 0 amide bonds. The smallest absolute Gasteiger partial charge is 0.133 e. The normalized spacial score (nSPS) is 24.0. The lowest BCUT2D eigenvalue weighted by molar-refractivity contribution is 0.205. The first-order valence-corrected chi connectivity index (χ1v) is 8.26. The highest BCUT2D eigenvalue weighted by molar-refractivity contribution is 5.30. The Labute approximate surface area is 127 Å². The van der Waals surface area contributed by atoms with Gasteiger partial charge in [0.25, 0.3) is 0 Å². The Hall–Kier alpha value is -0.960. The van der Waals surface area contributed by atoms with E-state index < -0.39 is 5.82 Å². The molecule has 0 aliphatic heterocycles. The summed E-state index contributed by atoms with van der Waals surface area (Å²) >= 11 is 0. The minimum absolute atomic E-state index is 0.204. The molecule has 1 nitrogen and oxygen atoms in total. The molecule has 0 spiro atoms. The molecule has 1 N–H and O–H groups in total. The third kappa shape index (κ3) is 3.63. The van der Waals surface area contributed by atoms with E-state index in [4.69, 9.17) is 0 Å². The van der Waals surface area contributed by atoms with E-state index >= 15 is 0 Å². The van der Waals surface area contributed by atoms with Crippen molar-refractivity contribution in [3.63, 3.8) is 0 Å². The molecular formula is C18H27F2N. The van der Waals surface area contributed by atoms with Gasteiger partial charge in [-0.3, -0.25) is 0 Å². The SMILES string of the molecule is CCNC(c1c(F)ccc(C)c1F)C1CCCC(CC)C1. The van der Waals surface area contributed by atoms with Gasteiger partial charge < -0.3 is 5.32 Å². The zero-order chi connectivity index (χ0) is 15.4. The van der Waals surface area contributed by atoms with E-state index in [1.807, 2.05) is 6.92 Å². The van der Waals surface area contributed by atoms with Crippen LogP contribution in [0.3, 0.4) is 0 Å². The van der Waals surface area contributed by atoms with Gasteiger partial charge in [0.1, 0.15) is 11.6 Å². The Balaban J connectivity index is 2.32. The molecular weight excluding hydrogens is 268 g/mol. The molecule has 1 saturated carbocycles. The molecule has 1 aromatic rings. The lowest BCUT2D eigenvalue weighted by Gasteiger charge is -2.35. The van der Waals surface area contributed by atoms with Crippen LogP contribution in [0.25, 0.3) is 0 Å². The highest BCUT2D eigenvalue weighted by atomic mass is 19.1. The molecule has 3 heteroatoms. The summed E-state index contributed by atoms with van der Waals surface area (Å²) in [5, 5.41) is 3.34. The van der Waals surface area contributed by atoms with Crippen molar-refractivity contribution in [1.29, 1.82) is 0 Å². The largest absolute Gasteiger partial charge is 0.310 e. The van der Waals surface area contributed by atoms with Crippen LogP contribution >= 0.6 is 0 Å². The monoisotopic (exact) mass is 295 g/mol. The van der Waals surface area contributed by atoms with Crippen molar-refractivity contribution in [3.8, 4) is 0 Å². The van der Waals surface area contributed by atoms with E-state index in [9.17, 15) is 8.78 Å². The summed E-state index contributed by atoms with van der Waals surface area (Å²) in [4.78, 5) is 0. The van der Waals surface area contributed by atoms with Gasteiger partial charge in [0.2, 0.25) is 0 Å². The third-order valence-corrected chi connectivity index (χ3v) is 4.93. The molecule has 0 radical (unpaired) electrons. The van der Waals surface area contributed by atoms with E-state index in [2.05, 4.69) is 12.2 Å². The van der Waals surface area contributed by atoms with Crippen molar-refractivity contribution in [2.24, 2.45) is 11.8 Å². The highest BCUT2D eigenvalue weighted by Gasteiger charge is 2.32. The second-order valence-electron chi connectivity index (χ2n) is 6.33. The summed E-state index contributed by atoms with van der Waals surface area (Å²) in [5.74, 6) is 0.234. The number of rotatable bonds is 5. The minimum atomic E-state index is -0.414. The van der Waals surface area contributed by atoms with Gasteiger partial charge in [-0.05, 0) is 49.8 Å². The third-order valence-electron chi connectivity index (χ3n) is 4.93. The summed E-state index contributed by atoms with van der Waals surface area (Å²) in [6.07, 6.45) is 5.71. The molecule has 1 aliphatic carbocycles. The second kappa shape index (κ2) is 7.35. The van der Waals surface area contributed by atoms with Crippen molar-refractivity contribution in [3.05, 3.63) is 34.9 Å². The van der Waals surface area contributed by atoms with E-state index in [1.54, 1.807) is 6.92 Å². The van der Waals surface area contributed by atoms with E-state index in [1.165, 1.54) is 25.0 Å². The predicted molar refractivity (Wildman–Crippen MR) is 83.3 cm³/mol. The van der Waals surface area contributed by atoms with Crippen molar-refractivity contribution in [2.75, 3.05) is 6.54 Å². The van der Waals surface area contributed by atoms with Crippen LogP contribution in [-0.4, -0.2) is 6.54 Å². The fraction of sp³-hybridized carbons (Fsp3) is 0.667. The van der Waals surface area contributed by atoms with Crippen molar-refractivity contribution < 1.29 is 8.78 Å². The lowest BCUT2D eigenvalue weighted by atomic mass is 9.75. The molecule has 1 aromatic carbocycles. The lowest BCUT2D eigenvalue weighted by Crippen LogP contribution is -2.33. The van der Waals surface area contributed by atoms with Crippen molar-refractivity contribution >= 4 is 0 Å². The van der Waals surface area contributed by atoms with Gasteiger partial charge in [-0.25, -0.2) is 8.78 Å². The average molecular weight is 295 g/mol. The van der Waals surface area contributed by atoms with Crippen molar-refractivity contribution in [2.45, 2.75) is 58.9 Å². The summed E-state index contributed by atoms with van der Waals surface area (Å²) in [7, 11) is 0. The molecule has 2 rings (SSSR count). The Kier molecular flexibility index (Phi) is 5.74. The maximum absolute atomic E-state index is 14.5. The number of halogens is 2. The molecule has 3 atom stereocenters. The van der Waals surface area contributed by atoms with Crippen LogP contribution in [-0.2, 0) is 0 Å². The molecule has 0 bridgehead atoms. The van der Waals surface area contributed by atoms with Gasteiger partial charge in [-0.15, -0.1) is 0 Å². The molecule has 0 aromatic heterocycles. The van der Waals surface area contributed by atoms with E-state index in [0.717, 1.165) is 25.8 Å². The summed E-state index contributed by atoms with van der Waals surface area (Å²) < 4.78 is 28.7. The van der Waals surface area contributed by atoms with E-state index in [0.29, 0.717) is 17.4 Å². The topological polar surface area (TPSA) is 12.0 Å². The summed E-state index contributed by atoms with van der Waals surface area (Å²) in [5.41, 5.74) is 0.774. The van der Waals surface area contributed by atoms with Gasteiger partial charge in [0.15, 0.2) is 0 Å². The molecule has 0 saturated heterocycles. The Morgan fingerprint density at radius 1 is 1.24 bits per heavy atom. The van der Waals surface area contributed by atoms with Crippen molar-refractivity contribution in [1.82, 2.24) is 5.32 Å². The molecule has 21 heavy (non-hydrogen) atoms. The summed E-state index contributed by atoms with van der Waals surface area (Å²) in [6.45, 7) is 6.64. The molecule has 1 aliphatic rings. The van der Waals surface area contributed by atoms with Gasteiger partial charge in [-0.1, -0.05) is 39.2 Å². The molecule has 3 unspecified atom stereocenters. The highest BCUT2D eigenvalue weighted by Crippen LogP contribution is 2.40. The van der Waals surface area contributed by atoms with Crippen LogP contribution < -0.4 is 5.32 Å². The summed E-state index contributed by atoms with van der Waals surface area (Å²) in [6, 6.07) is 2.72. The predicted octanol–water partition coefficient (Wildman–Crippen LogP) is 5.14. The van der Waals surface area contributed by atoms with Crippen LogP contribution in [0.4, 0.5) is 8.78 Å². The first kappa shape index (κ1) is 16.4. The fourth-order valence-electron chi connectivity index (χ4n) is 3.69. The first-order chi connectivity index (χ1) is 10.1. The number of hydrogen-bond donors (Lipinski definition) is 1. The van der Waals surface area contributed by atoms with Gasteiger partial charge in [0, 0.05) is 11.6 Å². The molecule has 0 heterocycles. The van der Waals surface area contributed by atoms with Gasteiger partial charge in [-0.2, -0.15) is 0 Å². The quantitative estimate of drug-likeness (QED) is 0.793. The second-order valence-corrected chi connectivity index (χ2v) is 6.33. The maximum atomic E-state index is 14.5. The van der Waals surface area contributed by atoms with Crippen LogP contribution in [0.5, 0.6) is 0 Å². The maximum Gasteiger partial charge on any atom is 0.133 e. The number of benzene rings is 1. The number of hydrogen-bond acceptors (Lipinski definition) is 1. The standard InChI is InChI=1S/C18H27F2N/c1-4-13-7-6-8-14(11-13)18(21-5-2)16-15(19)10-9-12(3)17(16)20/h9-10,13-14,18,21H,4-8,11H2,1-3H3. The first-order valence-electron chi connectivity index (χ1n) is 8.26. The minimum Gasteiger partial charge on any atom is -0.310 e. The van der Waals surface area contributed by atoms with Gasteiger partial charge >= 0.3 is 0 Å². The zero-order valence-corrected chi connectivity index (χ0v) is 13.4. The Morgan fingerprint density at radius 3 is 2.67 bits per heavy atom. The molecule has 1 fully saturated rings. The van der Waals surface area contributed by atoms with Crippen LogP contribution in [0.2, 0.25) is 0 Å². The Bertz CT molecular complexity index is 473. The average Bonchev–Trinajstić information content (AvgIpc) is 2.50.